The number of nitrogens with zero attached hydrogens (tertiary/aromatic N) is 1. The van der Waals surface area contributed by atoms with E-state index in [9.17, 15) is 0 Å². The Kier molecular flexibility index (Phi) is 4.80. The first kappa shape index (κ1) is 15.0. The molecule has 1 aromatic rings. The molecule has 1 aromatic carbocycles. The van der Waals surface area contributed by atoms with Gasteiger partial charge in [-0.1, -0.05) is 30.3 Å². The Morgan fingerprint density at radius 1 is 1.11 bits per heavy atom. The van der Waals surface area contributed by atoms with Crippen LogP contribution in [0.25, 0.3) is 0 Å². The summed E-state index contributed by atoms with van der Waals surface area (Å²) >= 11 is 6.38. The van der Waals surface area contributed by atoms with Crippen LogP contribution in [0.15, 0.2) is 35.3 Å². The summed E-state index contributed by atoms with van der Waals surface area (Å²) in [6, 6.07) is 10.2. The Morgan fingerprint density at radius 2 is 1.67 bits per heavy atom. The predicted octanol–water partition coefficient (Wildman–Crippen LogP) is 3.99. The molecule has 1 rings (SSSR count). The Balaban J connectivity index is 2.84. The third-order valence-corrected chi connectivity index (χ3v) is 2.50. The van der Waals surface area contributed by atoms with Crippen LogP contribution in [-0.2, 0) is 6.54 Å². The normalized spacial score (nSPS) is 13.6. The molecule has 0 aliphatic rings. The van der Waals surface area contributed by atoms with Gasteiger partial charge in [0.15, 0.2) is 0 Å². The van der Waals surface area contributed by atoms with Gasteiger partial charge in [-0.25, -0.2) is 0 Å². The highest BCUT2D eigenvalue weighted by atomic mass is 35.5. The number of amidine groups is 1. The smallest absolute Gasteiger partial charge is 0.118 e. The zero-order valence-electron chi connectivity index (χ0n) is 11.9. The van der Waals surface area contributed by atoms with Gasteiger partial charge in [0.25, 0.3) is 0 Å². The van der Waals surface area contributed by atoms with Crippen molar-refractivity contribution >= 4 is 17.4 Å². The van der Waals surface area contributed by atoms with Gasteiger partial charge in [-0.05, 0) is 40.2 Å². The van der Waals surface area contributed by atoms with E-state index < -0.39 is 4.87 Å². The van der Waals surface area contributed by atoms with Gasteiger partial charge in [0.2, 0.25) is 0 Å². The summed E-state index contributed by atoms with van der Waals surface area (Å²) in [5.74, 6) is 0.834. The van der Waals surface area contributed by atoms with Gasteiger partial charge in [-0.3, -0.25) is 4.99 Å². The molecule has 3 heteroatoms. The first-order valence-electron chi connectivity index (χ1n) is 6.24. The van der Waals surface area contributed by atoms with Crippen molar-refractivity contribution in [3.8, 4) is 0 Å². The van der Waals surface area contributed by atoms with Crippen molar-refractivity contribution in [1.82, 2.24) is 5.32 Å². The standard InChI is InChI=1S/C15H23ClN2/c1-14(2,3)18-13(15(4,5)16)17-11-12-9-7-6-8-10-12/h6-10H,11H2,1-5H3,(H,17,18). The molecule has 0 fully saturated rings. The van der Waals surface area contributed by atoms with E-state index in [0.29, 0.717) is 6.54 Å². The summed E-state index contributed by atoms with van der Waals surface area (Å²) in [4.78, 5) is 4.14. The second kappa shape index (κ2) is 5.75. The number of nitrogens with one attached hydrogen (secondary N) is 1. The average molecular weight is 267 g/mol. The minimum absolute atomic E-state index is 0.0400. The molecule has 0 aliphatic heterocycles. The molecule has 0 aliphatic carbocycles. The van der Waals surface area contributed by atoms with Crippen LogP contribution in [0.5, 0.6) is 0 Å². The van der Waals surface area contributed by atoms with E-state index in [1.807, 2.05) is 32.0 Å². The largest absolute Gasteiger partial charge is 0.368 e. The number of alkyl halides is 1. The minimum atomic E-state index is -0.484. The SMILES string of the molecule is CC(C)(C)NC(=NCc1ccccc1)C(C)(C)Cl. The zero-order chi connectivity index (χ0) is 13.8. The van der Waals surface area contributed by atoms with Crippen LogP contribution in [-0.4, -0.2) is 16.2 Å². The van der Waals surface area contributed by atoms with Crippen molar-refractivity contribution in [3.05, 3.63) is 35.9 Å². The highest BCUT2D eigenvalue weighted by Crippen LogP contribution is 2.17. The maximum atomic E-state index is 6.38. The molecule has 1 N–H and O–H groups in total. The zero-order valence-corrected chi connectivity index (χ0v) is 12.7. The lowest BCUT2D eigenvalue weighted by molar-refractivity contribution is 0.500. The molecule has 0 saturated carbocycles. The van der Waals surface area contributed by atoms with Gasteiger partial charge in [0.05, 0.1) is 11.4 Å². The van der Waals surface area contributed by atoms with E-state index in [4.69, 9.17) is 11.6 Å². The maximum absolute atomic E-state index is 6.38. The van der Waals surface area contributed by atoms with Crippen LogP contribution in [0, 0.1) is 0 Å². The molecule has 0 aromatic heterocycles. The highest BCUT2D eigenvalue weighted by molar-refractivity contribution is 6.35. The van der Waals surface area contributed by atoms with Crippen molar-refractivity contribution in [1.29, 1.82) is 0 Å². The minimum Gasteiger partial charge on any atom is -0.368 e. The van der Waals surface area contributed by atoms with E-state index in [1.165, 1.54) is 5.56 Å². The Bertz CT molecular complexity index is 397. The van der Waals surface area contributed by atoms with Crippen molar-refractivity contribution in [2.45, 2.75) is 51.6 Å². The fourth-order valence-electron chi connectivity index (χ4n) is 1.49. The summed E-state index contributed by atoms with van der Waals surface area (Å²) in [5, 5.41) is 3.38. The molecule has 2 nitrogen and oxygen atoms in total. The molecule has 18 heavy (non-hydrogen) atoms. The Morgan fingerprint density at radius 3 is 2.11 bits per heavy atom. The molecule has 0 atom stereocenters. The summed E-state index contributed by atoms with van der Waals surface area (Å²) in [7, 11) is 0. The lowest BCUT2D eigenvalue weighted by Gasteiger charge is -2.29. The van der Waals surface area contributed by atoms with Gasteiger partial charge in [-0.2, -0.15) is 0 Å². The van der Waals surface area contributed by atoms with E-state index >= 15 is 0 Å². The number of rotatable bonds is 3. The van der Waals surface area contributed by atoms with Gasteiger partial charge in [0, 0.05) is 5.54 Å². The Labute approximate surface area is 115 Å². The number of halogens is 1. The summed E-state index contributed by atoms with van der Waals surface area (Å²) < 4.78 is 0. The van der Waals surface area contributed by atoms with Crippen molar-refractivity contribution in [2.24, 2.45) is 4.99 Å². The second-order valence-electron chi connectivity index (χ2n) is 6.00. The van der Waals surface area contributed by atoms with Crippen LogP contribution in [0.2, 0.25) is 0 Å². The summed E-state index contributed by atoms with van der Waals surface area (Å²) in [5.41, 5.74) is 1.15. The molecular formula is C15H23ClN2. The second-order valence-corrected chi connectivity index (χ2v) is 6.94. The van der Waals surface area contributed by atoms with E-state index in [0.717, 1.165) is 5.84 Å². The topological polar surface area (TPSA) is 24.4 Å². The molecule has 0 spiro atoms. The van der Waals surface area contributed by atoms with Gasteiger partial charge in [-0.15, -0.1) is 11.6 Å². The van der Waals surface area contributed by atoms with Crippen molar-refractivity contribution in [2.75, 3.05) is 0 Å². The fraction of sp³-hybridized carbons (Fsp3) is 0.533. The van der Waals surface area contributed by atoms with E-state index in [1.54, 1.807) is 0 Å². The summed E-state index contributed by atoms with van der Waals surface area (Å²) in [6.45, 7) is 10.9. The third kappa shape index (κ3) is 5.54. The molecule has 0 saturated heterocycles. The van der Waals surface area contributed by atoms with Gasteiger partial charge in [0.1, 0.15) is 5.84 Å². The number of benzene rings is 1. The molecule has 0 amide bonds. The van der Waals surface area contributed by atoms with Gasteiger partial charge >= 0.3 is 0 Å². The van der Waals surface area contributed by atoms with Crippen LogP contribution in [0.1, 0.15) is 40.2 Å². The summed E-state index contributed by atoms with van der Waals surface area (Å²) in [6.07, 6.45) is 0. The lowest BCUT2D eigenvalue weighted by atomic mass is 10.1. The maximum Gasteiger partial charge on any atom is 0.118 e. The molecular weight excluding hydrogens is 244 g/mol. The van der Waals surface area contributed by atoms with E-state index in [-0.39, 0.29) is 5.54 Å². The lowest BCUT2D eigenvalue weighted by Crippen LogP contribution is -2.48. The highest BCUT2D eigenvalue weighted by Gasteiger charge is 2.25. The molecule has 100 valence electrons. The van der Waals surface area contributed by atoms with Crippen molar-refractivity contribution in [3.63, 3.8) is 0 Å². The average Bonchev–Trinajstić information content (AvgIpc) is 2.22. The molecule has 0 bridgehead atoms. The Hall–Kier alpha value is -1.02. The predicted molar refractivity (Wildman–Crippen MR) is 80.4 cm³/mol. The third-order valence-electron chi connectivity index (χ3n) is 2.32. The number of aliphatic imine (C=N–C) groups is 1. The first-order valence-corrected chi connectivity index (χ1v) is 6.62. The molecule has 0 heterocycles. The van der Waals surface area contributed by atoms with Crippen LogP contribution < -0.4 is 5.32 Å². The number of hydrogen-bond donors (Lipinski definition) is 1. The molecule has 0 radical (unpaired) electrons. The van der Waals surface area contributed by atoms with E-state index in [2.05, 4.69) is 43.2 Å². The van der Waals surface area contributed by atoms with Crippen LogP contribution >= 0.6 is 11.6 Å². The van der Waals surface area contributed by atoms with Crippen LogP contribution in [0.3, 0.4) is 0 Å². The quantitative estimate of drug-likeness (QED) is 0.499. The monoisotopic (exact) mass is 266 g/mol. The van der Waals surface area contributed by atoms with Crippen LogP contribution in [0.4, 0.5) is 0 Å². The first-order chi connectivity index (χ1) is 8.18. The van der Waals surface area contributed by atoms with Gasteiger partial charge < -0.3 is 5.32 Å². The number of hydrogen-bond acceptors (Lipinski definition) is 1. The fourth-order valence-corrected chi connectivity index (χ4v) is 1.59. The van der Waals surface area contributed by atoms with Crippen molar-refractivity contribution < 1.29 is 0 Å². The molecule has 0 unspecified atom stereocenters.